The summed E-state index contributed by atoms with van der Waals surface area (Å²) >= 11 is 1.66. The summed E-state index contributed by atoms with van der Waals surface area (Å²) in [6, 6.07) is 1.21. The zero-order valence-electron chi connectivity index (χ0n) is 9.04. The minimum Gasteiger partial charge on any atom is -0.481 e. The molecule has 1 fully saturated rings. The summed E-state index contributed by atoms with van der Waals surface area (Å²) < 4.78 is 4.81. The lowest BCUT2D eigenvalue weighted by atomic mass is 10.2. The maximum atomic E-state index is 12.0. The largest absolute Gasteiger partial charge is 0.481 e. The van der Waals surface area contributed by atoms with Crippen LogP contribution >= 0.6 is 11.8 Å². The molecule has 0 spiro atoms. The minimum absolute atomic E-state index is 0.0348. The van der Waals surface area contributed by atoms with Crippen LogP contribution in [0.3, 0.4) is 0 Å². The van der Waals surface area contributed by atoms with Gasteiger partial charge in [-0.05, 0) is 0 Å². The summed E-state index contributed by atoms with van der Waals surface area (Å²) in [7, 11) is 0. The maximum Gasteiger partial charge on any atom is 0.305 e. The summed E-state index contributed by atoms with van der Waals surface area (Å²) in [5.41, 5.74) is 0. The Bertz CT molecular complexity index is 406. The highest BCUT2D eigenvalue weighted by Gasteiger charge is 2.30. The lowest BCUT2D eigenvalue weighted by Gasteiger charge is -2.33. The fourth-order valence-electron chi connectivity index (χ4n) is 1.76. The van der Waals surface area contributed by atoms with Crippen molar-refractivity contribution in [3.63, 3.8) is 0 Å². The van der Waals surface area contributed by atoms with Gasteiger partial charge >= 0.3 is 5.97 Å². The first-order valence-electron chi connectivity index (χ1n) is 5.19. The Morgan fingerprint density at radius 1 is 1.65 bits per heavy atom. The van der Waals surface area contributed by atoms with Crippen molar-refractivity contribution in [3.8, 4) is 0 Å². The third kappa shape index (κ3) is 2.79. The van der Waals surface area contributed by atoms with Gasteiger partial charge < -0.3 is 14.5 Å². The van der Waals surface area contributed by atoms with Crippen LogP contribution in [0.4, 0.5) is 0 Å². The number of rotatable bonds is 3. The van der Waals surface area contributed by atoms with E-state index in [1.807, 2.05) is 0 Å². The molecule has 1 aliphatic heterocycles. The molecule has 17 heavy (non-hydrogen) atoms. The molecule has 1 atom stereocenters. The number of nitrogens with zero attached hydrogens (tertiary/aromatic N) is 2. The van der Waals surface area contributed by atoms with E-state index in [-0.39, 0.29) is 24.1 Å². The average Bonchev–Trinajstić information content (AvgIpc) is 2.81. The highest BCUT2D eigenvalue weighted by Crippen LogP contribution is 2.21. The molecule has 2 rings (SSSR count). The SMILES string of the molecule is O=C(O)CC1CSCCN1C(=O)c1ccno1. The van der Waals surface area contributed by atoms with Gasteiger partial charge in [-0.2, -0.15) is 11.8 Å². The van der Waals surface area contributed by atoms with Crippen LogP contribution in [0, 0.1) is 0 Å². The van der Waals surface area contributed by atoms with Gasteiger partial charge in [-0.25, -0.2) is 0 Å². The van der Waals surface area contributed by atoms with Crippen LogP contribution in [0.25, 0.3) is 0 Å². The van der Waals surface area contributed by atoms with Crippen molar-refractivity contribution in [2.24, 2.45) is 0 Å². The standard InChI is InChI=1S/C10H12N2O4S/c13-9(14)5-7-6-17-4-3-12(7)10(15)8-1-2-11-16-8/h1-2,7H,3-6H2,(H,13,14). The average molecular weight is 256 g/mol. The van der Waals surface area contributed by atoms with Gasteiger partial charge in [-0.1, -0.05) is 5.16 Å². The Morgan fingerprint density at radius 2 is 2.47 bits per heavy atom. The number of hydrogen-bond donors (Lipinski definition) is 1. The molecule has 6 nitrogen and oxygen atoms in total. The molecule has 0 saturated carbocycles. The summed E-state index contributed by atoms with van der Waals surface area (Å²) in [4.78, 5) is 24.3. The lowest BCUT2D eigenvalue weighted by Crippen LogP contribution is -2.47. The van der Waals surface area contributed by atoms with Gasteiger partial charge in [0.1, 0.15) is 0 Å². The monoisotopic (exact) mass is 256 g/mol. The van der Waals surface area contributed by atoms with Gasteiger partial charge in [0.2, 0.25) is 5.76 Å². The molecule has 0 bridgehead atoms. The van der Waals surface area contributed by atoms with Crippen LogP contribution in [-0.2, 0) is 4.79 Å². The van der Waals surface area contributed by atoms with E-state index in [0.29, 0.717) is 12.3 Å². The van der Waals surface area contributed by atoms with E-state index >= 15 is 0 Å². The lowest BCUT2D eigenvalue weighted by molar-refractivity contribution is -0.138. The number of hydrogen-bond acceptors (Lipinski definition) is 5. The molecule has 1 aromatic rings. The van der Waals surface area contributed by atoms with Crippen molar-refractivity contribution in [2.75, 3.05) is 18.1 Å². The van der Waals surface area contributed by atoms with Gasteiger partial charge in [0, 0.05) is 24.1 Å². The number of amides is 1. The Kier molecular flexibility index (Phi) is 3.68. The van der Waals surface area contributed by atoms with Gasteiger partial charge in [-0.15, -0.1) is 0 Å². The molecule has 0 aromatic carbocycles. The van der Waals surface area contributed by atoms with Crippen LogP contribution in [0.5, 0.6) is 0 Å². The Morgan fingerprint density at radius 3 is 3.12 bits per heavy atom. The van der Waals surface area contributed by atoms with E-state index in [0.717, 1.165) is 5.75 Å². The Hall–Kier alpha value is -1.50. The first kappa shape index (κ1) is 12.0. The zero-order chi connectivity index (χ0) is 12.3. The topological polar surface area (TPSA) is 83.6 Å². The summed E-state index contributed by atoms with van der Waals surface area (Å²) in [5, 5.41) is 12.3. The first-order chi connectivity index (χ1) is 8.18. The first-order valence-corrected chi connectivity index (χ1v) is 6.35. The summed E-state index contributed by atoms with van der Waals surface area (Å²) in [6.07, 6.45) is 1.37. The van der Waals surface area contributed by atoms with Crippen molar-refractivity contribution in [1.82, 2.24) is 10.1 Å². The smallest absolute Gasteiger partial charge is 0.305 e. The third-order valence-electron chi connectivity index (χ3n) is 2.55. The van der Waals surface area contributed by atoms with E-state index in [1.165, 1.54) is 12.3 Å². The summed E-state index contributed by atoms with van der Waals surface area (Å²) in [6.45, 7) is 0.544. The second kappa shape index (κ2) is 5.22. The number of carboxylic acid groups (broad SMARTS) is 1. The number of carbonyl (C=O) groups is 2. The molecule has 1 aliphatic rings. The normalized spacial score (nSPS) is 20.2. The molecular formula is C10H12N2O4S. The van der Waals surface area contributed by atoms with E-state index in [1.54, 1.807) is 16.7 Å². The quantitative estimate of drug-likeness (QED) is 0.857. The molecule has 1 unspecified atom stereocenters. The van der Waals surface area contributed by atoms with E-state index in [4.69, 9.17) is 9.63 Å². The van der Waals surface area contributed by atoms with Gasteiger partial charge in [0.05, 0.1) is 18.7 Å². The Balaban J connectivity index is 2.10. The molecule has 0 aliphatic carbocycles. The molecule has 2 heterocycles. The van der Waals surface area contributed by atoms with Gasteiger partial charge in [0.15, 0.2) is 0 Å². The number of thioether (sulfide) groups is 1. The highest BCUT2D eigenvalue weighted by atomic mass is 32.2. The van der Waals surface area contributed by atoms with E-state index in [2.05, 4.69) is 5.16 Å². The molecule has 7 heteroatoms. The molecule has 1 N–H and O–H groups in total. The van der Waals surface area contributed by atoms with Gasteiger partial charge in [0.25, 0.3) is 5.91 Å². The fraction of sp³-hybridized carbons (Fsp3) is 0.500. The van der Waals surface area contributed by atoms with Crippen molar-refractivity contribution < 1.29 is 19.2 Å². The number of aliphatic carboxylic acids is 1. The predicted molar refractivity (Wildman–Crippen MR) is 60.9 cm³/mol. The fourth-order valence-corrected chi connectivity index (χ4v) is 2.82. The second-order valence-corrected chi connectivity index (χ2v) is 4.85. The molecule has 92 valence electrons. The zero-order valence-corrected chi connectivity index (χ0v) is 9.85. The van der Waals surface area contributed by atoms with Crippen molar-refractivity contribution in [2.45, 2.75) is 12.5 Å². The van der Waals surface area contributed by atoms with Crippen molar-refractivity contribution >= 4 is 23.6 Å². The van der Waals surface area contributed by atoms with Crippen molar-refractivity contribution in [1.29, 1.82) is 0 Å². The minimum atomic E-state index is -0.895. The Labute approximate surface area is 102 Å². The molecule has 1 amide bonds. The predicted octanol–water partition coefficient (Wildman–Crippen LogP) is 0.707. The van der Waals surface area contributed by atoms with Crippen LogP contribution in [-0.4, -0.2) is 51.1 Å². The number of carbonyl (C=O) groups excluding carboxylic acids is 1. The molecular weight excluding hydrogens is 244 g/mol. The third-order valence-corrected chi connectivity index (χ3v) is 3.64. The number of aromatic nitrogens is 1. The van der Waals surface area contributed by atoms with Crippen LogP contribution in [0.15, 0.2) is 16.8 Å². The highest BCUT2D eigenvalue weighted by molar-refractivity contribution is 7.99. The van der Waals surface area contributed by atoms with E-state index < -0.39 is 5.97 Å². The van der Waals surface area contributed by atoms with E-state index in [9.17, 15) is 9.59 Å². The number of carboxylic acids is 1. The summed E-state index contributed by atoms with van der Waals surface area (Å²) in [5.74, 6) is 0.441. The van der Waals surface area contributed by atoms with Gasteiger partial charge in [-0.3, -0.25) is 9.59 Å². The van der Waals surface area contributed by atoms with Crippen LogP contribution in [0.1, 0.15) is 17.0 Å². The molecule has 0 radical (unpaired) electrons. The van der Waals surface area contributed by atoms with Crippen molar-refractivity contribution in [3.05, 3.63) is 18.0 Å². The molecule has 1 aromatic heterocycles. The van der Waals surface area contributed by atoms with Crippen LogP contribution < -0.4 is 0 Å². The molecule has 1 saturated heterocycles. The maximum absolute atomic E-state index is 12.0. The van der Waals surface area contributed by atoms with Crippen LogP contribution in [0.2, 0.25) is 0 Å². The second-order valence-electron chi connectivity index (χ2n) is 3.70.